The van der Waals surface area contributed by atoms with Gasteiger partial charge in [-0.25, -0.2) is 0 Å². The molecular weight excluding hydrogens is 220 g/mol. The van der Waals surface area contributed by atoms with Gasteiger partial charge in [-0.3, -0.25) is 4.79 Å². The van der Waals surface area contributed by atoms with E-state index >= 15 is 0 Å². The van der Waals surface area contributed by atoms with Gasteiger partial charge in [0.1, 0.15) is 0 Å². The third-order valence-corrected chi connectivity index (χ3v) is 3.92. The maximum atomic E-state index is 12.1. The van der Waals surface area contributed by atoms with E-state index in [-0.39, 0.29) is 11.3 Å². The molecule has 0 aromatic carbocycles. The summed E-state index contributed by atoms with van der Waals surface area (Å²) in [6.07, 6.45) is 2.06. The van der Waals surface area contributed by atoms with Gasteiger partial charge in [0.2, 0.25) is 5.91 Å². The zero-order chi connectivity index (χ0) is 12.4. The van der Waals surface area contributed by atoms with Crippen molar-refractivity contribution in [2.24, 2.45) is 5.41 Å². The Labute approximate surface area is 102 Å². The summed E-state index contributed by atoms with van der Waals surface area (Å²) in [4.78, 5) is 12.1. The molecular formula is C12H22N2O3. The first-order chi connectivity index (χ1) is 8.04. The molecule has 2 aliphatic rings. The van der Waals surface area contributed by atoms with Gasteiger partial charge in [-0.15, -0.1) is 0 Å². The minimum Gasteiger partial charge on any atom is -0.388 e. The normalized spacial score (nSPS) is 32.4. The summed E-state index contributed by atoms with van der Waals surface area (Å²) in [6.45, 7) is 5.07. The highest BCUT2D eigenvalue weighted by Crippen LogP contribution is 2.25. The molecule has 17 heavy (non-hydrogen) atoms. The molecule has 2 saturated heterocycles. The molecule has 3 N–H and O–H groups in total. The molecule has 2 rings (SSSR count). The molecule has 0 aliphatic carbocycles. The van der Waals surface area contributed by atoms with E-state index in [0.717, 1.165) is 19.5 Å². The number of amides is 1. The average molecular weight is 242 g/mol. The molecule has 1 atom stereocenters. The molecule has 2 fully saturated rings. The minimum atomic E-state index is -0.781. The summed E-state index contributed by atoms with van der Waals surface area (Å²) < 4.78 is 5.21. The van der Waals surface area contributed by atoms with Crippen molar-refractivity contribution < 1.29 is 14.6 Å². The molecule has 1 amide bonds. The van der Waals surface area contributed by atoms with Crippen LogP contribution in [0.3, 0.4) is 0 Å². The first-order valence-electron chi connectivity index (χ1n) is 6.33. The molecule has 1 unspecified atom stereocenters. The Morgan fingerprint density at radius 3 is 2.71 bits per heavy atom. The molecule has 5 nitrogen and oxygen atoms in total. The maximum Gasteiger partial charge on any atom is 0.227 e. The van der Waals surface area contributed by atoms with Gasteiger partial charge in [-0.2, -0.15) is 0 Å². The standard InChI is InChI=1S/C12H22N2O3/c1-11(2-5-13-8-11)10(15)14-9-12(16)3-6-17-7-4-12/h13,16H,2-9H2,1H3,(H,14,15). The number of carbonyl (C=O) groups is 1. The van der Waals surface area contributed by atoms with Crippen LogP contribution in [0.15, 0.2) is 0 Å². The van der Waals surface area contributed by atoms with E-state index in [0.29, 0.717) is 32.6 Å². The van der Waals surface area contributed by atoms with Crippen molar-refractivity contribution in [3.8, 4) is 0 Å². The quantitative estimate of drug-likeness (QED) is 0.632. The van der Waals surface area contributed by atoms with Crippen LogP contribution in [0.4, 0.5) is 0 Å². The lowest BCUT2D eigenvalue weighted by atomic mass is 9.88. The number of hydrogen-bond donors (Lipinski definition) is 3. The molecule has 98 valence electrons. The van der Waals surface area contributed by atoms with Crippen LogP contribution in [-0.2, 0) is 9.53 Å². The predicted molar refractivity (Wildman–Crippen MR) is 63.6 cm³/mol. The highest BCUT2D eigenvalue weighted by molar-refractivity contribution is 5.82. The molecule has 0 spiro atoms. The monoisotopic (exact) mass is 242 g/mol. The summed E-state index contributed by atoms with van der Waals surface area (Å²) >= 11 is 0. The lowest BCUT2D eigenvalue weighted by Crippen LogP contribution is -2.50. The van der Waals surface area contributed by atoms with Crippen molar-refractivity contribution in [3.63, 3.8) is 0 Å². The van der Waals surface area contributed by atoms with Gasteiger partial charge in [0, 0.05) is 39.1 Å². The minimum absolute atomic E-state index is 0.0439. The zero-order valence-corrected chi connectivity index (χ0v) is 10.4. The van der Waals surface area contributed by atoms with Crippen LogP contribution < -0.4 is 10.6 Å². The second-order valence-electron chi connectivity index (χ2n) is 5.51. The summed E-state index contributed by atoms with van der Waals surface area (Å²) in [5.41, 5.74) is -1.10. The second kappa shape index (κ2) is 4.92. The summed E-state index contributed by atoms with van der Waals surface area (Å²) in [7, 11) is 0. The van der Waals surface area contributed by atoms with Crippen LogP contribution in [0.5, 0.6) is 0 Å². The highest BCUT2D eigenvalue weighted by atomic mass is 16.5. The number of rotatable bonds is 3. The molecule has 5 heteroatoms. The lowest BCUT2D eigenvalue weighted by molar-refractivity contribution is -0.131. The Morgan fingerprint density at radius 1 is 1.41 bits per heavy atom. The SMILES string of the molecule is CC1(C(=O)NCC2(O)CCOCC2)CCNC1. The Hall–Kier alpha value is -0.650. The predicted octanol–water partition coefficient (Wildman–Crippen LogP) is -0.356. The topological polar surface area (TPSA) is 70.6 Å². The number of carbonyl (C=O) groups excluding carboxylic acids is 1. The fourth-order valence-corrected chi connectivity index (χ4v) is 2.40. The molecule has 0 saturated carbocycles. The third kappa shape index (κ3) is 2.97. The van der Waals surface area contributed by atoms with Gasteiger partial charge < -0.3 is 20.5 Å². The van der Waals surface area contributed by atoms with E-state index in [1.807, 2.05) is 6.92 Å². The fourth-order valence-electron chi connectivity index (χ4n) is 2.40. The number of aliphatic hydroxyl groups is 1. The van der Waals surface area contributed by atoms with E-state index in [1.54, 1.807) is 0 Å². The largest absolute Gasteiger partial charge is 0.388 e. The van der Waals surface area contributed by atoms with Crippen LogP contribution in [0.25, 0.3) is 0 Å². The highest BCUT2D eigenvalue weighted by Gasteiger charge is 2.38. The van der Waals surface area contributed by atoms with Crippen molar-refractivity contribution in [3.05, 3.63) is 0 Å². The van der Waals surface area contributed by atoms with E-state index in [2.05, 4.69) is 10.6 Å². The number of ether oxygens (including phenoxy) is 1. The van der Waals surface area contributed by atoms with Gasteiger partial charge in [0.25, 0.3) is 0 Å². The Kier molecular flexibility index (Phi) is 3.70. The Balaban J connectivity index is 1.83. The second-order valence-corrected chi connectivity index (χ2v) is 5.51. The van der Waals surface area contributed by atoms with Gasteiger partial charge in [-0.1, -0.05) is 0 Å². The van der Waals surface area contributed by atoms with Crippen molar-refractivity contribution in [2.45, 2.75) is 31.8 Å². The molecule has 0 bridgehead atoms. The lowest BCUT2D eigenvalue weighted by Gasteiger charge is -2.33. The van der Waals surface area contributed by atoms with Crippen LogP contribution >= 0.6 is 0 Å². The van der Waals surface area contributed by atoms with Crippen LogP contribution in [-0.4, -0.2) is 49.5 Å². The molecule has 0 aromatic heterocycles. The number of hydrogen-bond acceptors (Lipinski definition) is 4. The third-order valence-electron chi connectivity index (χ3n) is 3.92. The van der Waals surface area contributed by atoms with Crippen LogP contribution in [0.2, 0.25) is 0 Å². The first kappa shape index (κ1) is 12.8. The van der Waals surface area contributed by atoms with Crippen molar-refractivity contribution in [2.75, 3.05) is 32.8 Å². The molecule has 0 aromatic rings. The first-order valence-corrected chi connectivity index (χ1v) is 6.33. The molecule has 2 heterocycles. The summed E-state index contributed by atoms with van der Waals surface area (Å²) in [5.74, 6) is 0.0439. The maximum absolute atomic E-state index is 12.1. The van der Waals surface area contributed by atoms with Crippen LogP contribution in [0.1, 0.15) is 26.2 Å². The van der Waals surface area contributed by atoms with E-state index in [4.69, 9.17) is 4.74 Å². The fraction of sp³-hybridized carbons (Fsp3) is 0.917. The van der Waals surface area contributed by atoms with E-state index in [9.17, 15) is 9.90 Å². The smallest absolute Gasteiger partial charge is 0.227 e. The van der Waals surface area contributed by atoms with Crippen molar-refractivity contribution in [1.82, 2.24) is 10.6 Å². The zero-order valence-electron chi connectivity index (χ0n) is 10.4. The summed E-state index contributed by atoms with van der Waals surface area (Å²) in [6, 6.07) is 0. The summed E-state index contributed by atoms with van der Waals surface area (Å²) in [5, 5.41) is 16.3. The molecule has 0 radical (unpaired) electrons. The average Bonchev–Trinajstić information content (AvgIpc) is 2.75. The Bertz CT molecular complexity index is 281. The van der Waals surface area contributed by atoms with E-state index < -0.39 is 5.60 Å². The van der Waals surface area contributed by atoms with Crippen molar-refractivity contribution >= 4 is 5.91 Å². The van der Waals surface area contributed by atoms with Gasteiger partial charge >= 0.3 is 0 Å². The number of nitrogens with one attached hydrogen (secondary N) is 2. The van der Waals surface area contributed by atoms with Crippen molar-refractivity contribution in [1.29, 1.82) is 0 Å². The Morgan fingerprint density at radius 2 is 2.12 bits per heavy atom. The van der Waals surface area contributed by atoms with E-state index in [1.165, 1.54) is 0 Å². The van der Waals surface area contributed by atoms with Gasteiger partial charge in [0.05, 0.1) is 11.0 Å². The van der Waals surface area contributed by atoms with Gasteiger partial charge in [-0.05, 0) is 19.9 Å². The molecule has 2 aliphatic heterocycles. The van der Waals surface area contributed by atoms with Crippen LogP contribution in [0, 0.1) is 5.41 Å². The van der Waals surface area contributed by atoms with Gasteiger partial charge in [0.15, 0.2) is 0 Å².